The lowest BCUT2D eigenvalue weighted by atomic mass is 10.4. The van der Waals surface area contributed by atoms with E-state index in [0.717, 1.165) is 3.94 Å². The summed E-state index contributed by atoms with van der Waals surface area (Å²) in [6.45, 7) is 0.0390. The van der Waals surface area contributed by atoms with Gasteiger partial charge in [0, 0.05) is 0 Å². The lowest BCUT2D eigenvalue weighted by molar-refractivity contribution is -0.140. The highest BCUT2D eigenvalue weighted by Crippen LogP contribution is 2.06. The second-order valence-electron chi connectivity index (χ2n) is 1.48. The minimum atomic E-state index is -0.819. The maximum atomic E-state index is 10.5. The fourth-order valence-corrected chi connectivity index (χ4v) is 0.968. The van der Waals surface area contributed by atoms with Crippen LogP contribution in [0.15, 0.2) is 0 Å². The molecule has 0 aliphatic heterocycles. The molecule has 6 heteroatoms. The van der Waals surface area contributed by atoms with E-state index in [0.29, 0.717) is 0 Å². The Labute approximate surface area is 74.0 Å². The van der Waals surface area contributed by atoms with Crippen molar-refractivity contribution in [2.75, 3.05) is 13.7 Å². The van der Waals surface area contributed by atoms with Gasteiger partial charge in [-0.15, -0.1) is 15.5 Å². The minimum Gasteiger partial charge on any atom is -0.468 e. The molecule has 0 N–H and O–H groups in total. The van der Waals surface area contributed by atoms with E-state index >= 15 is 0 Å². The maximum absolute atomic E-state index is 10.5. The van der Waals surface area contributed by atoms with Crippen LogP contribution in [0.4, 0.5) is 0 Å². The molecular weight excluding hydrogens is 200 g/mol. The van der Waals surface area contributed by atoms with Crippen molar-refractivity contribution in [3.05, 3.63) is 0 Å². The van der Waals surface area contributed by atoms with Crippen LogP contribution < -0.4 is 0 Å². The molecule has 60 valence electrons. The van der Waals surface area contributed by atoms with Crippen LogP contribution in [0.5, 0.6) is 0 Å². The molecular formula is C4H6Cl3NO2. The maximum Gasteiger partial charge on any atom is 0.325 e. The summed E-state index contributed by atoms with van der Waals surface area (Å²) in [5.74, 6) is -0.548. The summed E-state index contributed by atoms with van der Waals surface area (Å²) < 4.78 is 5.07. The van der Waals surface area contributed by atoms with E-state index < -0.39 is 11.3 Å². The average Bonchev–Trinajstić information content (AvgIpc) is 1.85. The zero-order chi connectivity index (χ0) is 8.15. The van der Waals surface area contributed by atoms with Crippen molar-refractivity contribution in [1.29, 1.82) is 0 Å². The Morgan fingerprint density at radius 2 is 2.20 bits per heavy atom. The Bertz CT molecular complexity index is 119. The SMILES string of the molecule is COC(=O)C(Cl)CN(Cl)Cl. The summed E-state index contributed by atoms with van der Waals surface area (Å²) >= 11 is 15.8. The number of alkyl halides is 1. The number of halogens is 3. The van der Waals surface area contributed by atoms with Crippen LogP contribution in [0.25, 0.3) is 0 Å². The fraction of sp³-hybridized carbons (Fsp3) is 0.750. The van der Waals surface area contributed by atoms with Crippen molar-refractivity contribution in [3.8, 4) is 0 Å². The number of nitrogens with zero attached hydrogens (tertiary/aromatic N) is 1. The van der Waals surface area contributed by atoms with Gasteiger partial charge in [-0.2, -0.15) is 0 Å². The van der Waals surface area contributed by atoms with E-state index in [9.17, 15) is 4.79 Å². The van der Waals surface area contributed by atoms with Crippen LogP contribution in [-0.2, 0) is 9.53 Å². The number of carbonyl (C=O) groups is 1. The average molecular weight is 206 g/mol. The lowest BCUT2D eigenvalue weighted by Crippen LogP contribution is -2.24. The number of carbonyl (C=O) groups excluding carboxylic acids is 1. The van der Waals surface area contributed by atoms with Crippen LogP contribution in [0.3, 0.4) is 0 Å². The Balaban J connectivity index is 3.61. The molecule has 1 unspecified atom stereocenters. The number of hydrogen-bond acceptors (Lipinski definition) is 3. The Kier molecular flexibility index (Phi) is 5.17. The van der Waals surface area contributed by atoms with Gasteiger partial charge in [-0.25, -0.2) is 0 Å². The summed E-state index contributed by atoms with van der Waals surface area (Å²) in [4.78, 5) is 10.5. The van der Waals surface area contributed by atoms with Gasteiger partial charge in [0.05, 0.1) is 13.7 Å². The first-order valence-corrected chi connectivity index (χ1v) is 3.50. The zero-order valence-electron chi connectivity index (χ0n) is 5.18. The molecule has 0 radical (unpaired) electrons. The molecule has 0 aromatic heterocycles. The molecule has 0 bridgehead atoms. The number of hydrogen-bond donors (Lipinski definition) is 0. The smallest absolute Gasteiger partial charge is 0.325 e. The van der Waals surface area contributed by atoms with Crippen molar-refractivity contribution < 1.29 is 9.53 Å². The van der Waals surface area contributed by atoms with Crippen molar-refractivity contribution in [2.24, 2.45) is 0 Å². The summed E-state index contributed by atoms with van der Waals surface area (Å²) in [5.41, 5.74) is 0. The third-order valence-electron chi connectivity index (χ3n) is 0.755. The van der Waals surface area contributed by atoms with Gasteiger partial charge in [0.2, 0.25) is 0 Å². The first-order valence-electron chi connectivity index (χ1n) is 2.39. The summed E-state index contributed by atoms with van der Waals surface area (Å²) in [5, 5.41) is -0.819. The van der Waals surface area contributed by atoms with E-state index in [1.807, 2.05) is 0 Å². The summed E-state index contributed by atoms with van der Waals surface area (Å²) in [6.07, 6.45) is 0. The third kappa shape index (κ3) is 4.17. The molecule has 10 heavy (non-hydrogen) atoms. The van der Waals surface area contributed by atoms with Gasteiger partial charge in [0.15, 0.2) is 0 Å². The first-order chi connectivity index (χ1) is 4.57. The highest BCUT2D eigenvalue weighted by Gasteiger charge is 2.17. The molecule has 0 rings (SSSR count). The van der Waals surface area contributed by atoms with E-state index in [1.54, 1.807) is 0 Å². The zero-order valence-corrected chi connectivity index (χ0v) is 7.45. The largest absolute Gasteiger partial charge is 0.468 e. The van der Waals surface area contributed by atoms with Crippen LogP contribution in [0.2, 0.25) is 0 Å². The van der Waals surface area contributed by atoms with Gasteiger partial charge in [0.25, 0.3) is 0 Å². The molecule has 0 aliphatic carbocycles. The number of methoxy groups -OCH3 is 1. The molecule has 0 aromatic carbocycles. The predicted molar refractivity (Wildman–Crippen MR) is 40.1 cm³/mol. The first kappa shape index (κ1) is 10.3. The normalized spacial score (nSPS) is 13.3. The highest BCUT2D eigenvalue weighted by molar-refractivity contribution is 6.35. The van der Waals surface area contributed by atoms with E-state index in [4.69, 9.17) is 35.2 Å². The van der Waals surface area contributed by atoms with Gasteiger partial charge in [-0.3, -0.25) is 4.79 Å². The molecule has 0 aliphatic rings. The van der Waals surface area contributed by atoms with Crippen LogP contribution >= 0.6 is 35.2 Å². The quantitative estimate of drug-likeness (QED) is 0.397. The molecule has 0 amide bonds. The van der Waals surface area contributed by atoms with Gasteiger partial charge in [-0.05, 0) is 23.6 Å². The monoisotopic (exact) mass is 205 g/mol. The molecule has 3 nitrogen and oxygen atoms in total. The van der Waals surface area contributed by atoms with Crippen LogP contribution in [-0.4, -0.2) is 28.9 Å². The van der Waals surface area contributed by atoms with Crippen LogP contribution in [0.1, 0.15) is 0 Å². The molecule has 0 heterocycles. The fourth-order valence-electron chi connectivity index (χ4n) is 0.324. The summed E-state index contributed by atoms with van der Waals surface area (Å²) in [7, 11) is 1.24. The Morgan fingerprint density at radius 3 is 2.50 bits per heavy atom. The van der Waals surface area contributed by atoms with Crippen LogP contribution in [0, 0.1) is 0 Å². The molecule has 0 fully saturated rings. The standard InChI is InChI=1S/C4H6Cl3NO2/c1-10-4(9)3(5)2-8(6)7/h3H,2H2,1H3. The highest BCUT2D eigenvalue weighted by atomic mass is 35.5. The van der Waals surface area contributed by atoms with Crippen molar-refractivity contribution in [3.63, 3.8) is 0 Å². The predicted octanol–water partition coefficient (Wildman–Crippen LogP) is 1.38. The number of ether oxygens (including phenoxy) is 1. The molecule has 0 spiro atoms. The lowest BCUT2D eigenvalue weighted by Gasteiger charge is -2.07. The molecule has 1 atom stereocenters. The van der Waals surface area contributed by atoms with Gasteiger partial charge < -0.3 is 4.74 Å². The van der Waals surface area contributed by atoms with E-state index in [-0.39, 0.29) is 6.54 Å². The minimum absolute atomic E-state index is 0.0390. The van der Waals surface area contributed by atoms with Crippen molar-refractivity contribution >= 4 is 41.1 Å². The van der Waals surface area contributed by atoms with E-state index in [2.05, 4.69) is 4.74 Å². The second kappa shape index (κ2) is 5.02. The number of rotatable bonds is 3. The Morgan fingerprint density at radius 1 is 1.70 bits per heavy atom. The van der Waals surface area contributed by atoms with Crippen molar-refractivity contribution in [2.45, 2.75) is 5.38 Å². The number of esters is 1. The Hall–Kier alpha value is 0.300. The topological polar surface area (TPSA) is 29.5 Å². The molecule has 0 aromatic rings. The molecule has 0 saturated heterocycles. The van der Waals surface area contributed by atoms with E-state index in [1.165, 1.54) is 7.11 Å². The van der Waals surface area contributed by atoms with Gasteiger partial charge in [-0.1, -0.05) is 0 Å². The third-order valence-corrected chi connectivity index (χ3v) is 1.35. The second-order valence-corrected chi connectivity index (χ2v) is 2.99. The van der Waals surface area contributed by atoms with Gasteiger partial charge in [0.1, 0.15) is 5.38 Å². The summed E-state index contributed by atoms with van der Waals surface area (Å²) in [6, 6.07) is 0. The molecule has 0 saturated carbocycles. The van der Waals surface area contributed by atoms with Gasteiger partial charge >= 0.3 is 5.97 Å². The van der Waals surface area contributed by atoms with Crippen molar-refractivity contribution in [1.82, 2.24) is 3.94 Å².